The molecule has 0 unspecified atom stereocenters. The van der Waals surface area contributed by atoms with Crippen LogP contribution in [0.4, 0.5) is 11.4 Å². The van der Waals surface area contributed by atoms with Gasteiger partial charge in [-0.05, 0) is 61.3 Å². The van der Waals surface area contributed by atoms with Crippen molar-refractivity contribution < 1.29 is 4.79 Å². The van der Waals surface area contributed by atoms with Crippen LogP contribution in [0.1, 0.15) is 46.9 Å². The molecular formula is C28H30Cl2N6O. The van der Waals surface area contributed by atoms with Gasteiger partial charge in [-0.25, -0.2) is 0 Å². The molecule has 0 saturated heterocycles. The molecule has 1 aliphatic heterocycles. The lowest BCUT2D eigenvalue weighted by Gasteiger charge is -2.36. The van der Waals surface area contributed by atoms with Gasteiger partial charge in [0, 0.05) is 38.2 Å². The molecule has 2 aliphatic carbocycles. The summed E-state index contributed by atoms with van der Waals surface area (Å²) in [5.41, 5.74) is 5.17. The number of rotatable bonds is 8. The number of hydrogen-bond donors (Lipinski definition) is 3. The van der Waals surface area contributed by atoms with Crippen LogP contribution in [0.3, 0.4) is 0 Å². The highest BCUT2D eigenvalue weighted by Gasteiger charge is 2.41. The minimum Gasteiger partial charge on any atom is -0.363 e. The van der Waals surface area contributed by atoms with Crippen molar-refractivity contribution in [3.05, 3.63) is 81.9 Å². The first-order valence-electron chi connectivity index (χ1n) is 12.9. The Hall–Kier alpha value is -2.87. The molecule has 1 aromatic carbocycles. The van der Waals surface area contributed by atoms with E-state index >= 15 is 0 Å². The Bertz CT molecular complexity index is 1260. The summed E-state index contributed by atoms with van der Waals surface area (Å²) in [7, 11) is 0. The van der Waals surface area contributed by atoms with Gasteiger partial charge in [-0.3, -0.25) is 19.7 Å². The number of nitrogens with zero attached hydrogens (tertiary/aromatic N) is 3. The Labute approximate surface area is 227 Å². The Balaban J connectivity index is 1.13. The van der Waals surface area contributed by atoms with Gasteiger partial charge in [-0.15, -0.1) is 0 Å². The number of hydrogen-bond acceptors (Lipinski definition) is 6. The molecule has 0 radical (unpaired) electrons. The Morgan fingerprint density at radius 1 is 1.03 bits per heavy atom. The monoisotopic (exact) mass is 536 g/mol. The topological polar surface area (TPSA) is 82.2 Å². The van der Waals surface area contributed by atoms with Crippen molar-refractivity contribution in [2.24, 2.45) is 11.8 Å². The number of para-hydroxylation sites is 2. The molecule has 3 atom stereocenters. The highest BCUT2D eigenvalue weighted by molar-refractivity contribution is 6.39. The van der Waals surface area contributed by atoms with Crippen LogP contribution in [0.2, 0.25) is 10.0 Å². The van der Waals surface area contributed by atoms with Crippen LogP contribution >= 0.6 is 23.2 Å². The first kappa shape index (κ1) is 24.5. The van der Waals surface area contributed by atoms with Crippen LogP contribution in [0.15, 0.2) is 55.0 Å². The summed E-state index contributed by atoms with van der Waals surface area (Å²) in [6.45, 7) is 2.44. The highest BCUT2D eigenvalue weighted by atomic mass is 35.5. The lowest BCUT2D eigenvalue weighted by molar-refractivity contribution is 0.0950. The fourth-order valence-corrected chi connectivity index (χ4v) is 6.30. The van der Waals surface area contributed by atoms with Crippen molar-refractivity contribution >= 4 is 40.5 Å². The number of pyridine rings is 2. The molecule has 3 aliphatic rings. The van der Waals surface area contributed by atoms with E-state index in [2.05, 4.69) is 56.2 Å². The molecule has 0 bridgehead atoms. The summed E-state index contributed by atoms with van der Waals surface area (Å²) >= 11 is 12.3. The number of amides is 1. The SMILES string of the molecule is O=C(NC[C@@H]1C[C@@H]1CN(CC1Nc2ccccc2N1)[C@H]1CCCc2cccnc21)c1c(Cl)cncc1Cl. The van der Waals surface area contributed by atoms with Crippen molar-refractivity contribution in [1.29, 1.82) is 0 Å². The predicted molar refractivity (Wildman–Crippen MR) is 147 cm³/mol. The van der Waals surface area contributed by atoms with Gasteiger partial charge in [0.1, 0.15) is 6.17 Å². The highest BCUT2D eigenvalue weighted by Crippen LogP contribution is 2.42. The molecule has 7 nitrogen and oxygen atoms in total. The molecule has 6 rings (SSSR count). The van der Waals surface area contributed by atoms with E-state index in [4.69, 9.17) is 28.2 Å². The van der Waals surface area contributed by atoms with Crippen LogP contribution in [0, 0.1) is 11.8 Å². The average Bonchev–Trinajstić information content (AvgIpc) is 3.51. The lowest BCUT2D eigenvalue weighted by atomic mass is 9.90. The Morgan fingerprint density at radius 2 is 1.78 bits per heavy atom. The van der Waals surface area contributed by atoms with Crippen LogP contribution < -0.4 is 16.0 Å². The number of halogens is 2. The molecule has 0 spiro atoms. The number of carbonyl (C=O) groups is 1. The average molecular weight is 537 g/mol. The summed E-state index contributed by atoms with van der Waals surface area (Å²) in [5.74, 6) is 0.698. The van der Waals surface area contributed by atoms with Gasteiger partial charge >= 0.3 is 0 Å². The van der Waals surface area contributed by atoms with Gasteiger partial charge in [0.2, 0.25) is 0 Å². The van der Waals surface area contributed by atoms with E-state index in [0.29, 0.717) is 30.0 Å². The zero-order valence-corrected chi connectivity index (χ0v) is 22.0. The summed E-state index contributed by atoms with van der Waals surface area (Å²) in [6.07, 6.45) is 9.40. The third-order valence-electron chi connectivity index (χ3n) is 7.75. The van der Waals surface area contributed by atoms with E-state index < -0.39 is 0 Å². The fourth-order valence-electron chi connectivity index (χ4n) is 5.77. The zero-order valence-electron chi connectivity index (χ0n) is 20.5. The van der Waals surface area contributed by atoms with E-state index in [1.165, 1.54) is 30.1 Å². The number of anilines is 2. The van der Waals surface area contributed by atoms with Crippen LogP contribution in [0.5, 0.6) is 0 Å². The predicted octanol–water partition coefficient (Wildman–Crippen LogP) is 5.39. The second-order valence-corrected chi connectivity index (χ2v) is 11.1. The molecule has 3 N–H and O–H groups in total. The summed E-state index contributed by atoms with van der Waals surface area (Å²) in [5, 5.41) is 10.9. The van der Waals surface area contributed by atoms with Crippen LogP contribution in [-0.2, 0) is 6.42 Å². The molecule has 3 aromatic rings. The van der Waals surface area contributed by atoms with Crippen molar-refractivity contribution in [1.82, 2.24) is 20.2 Å². The summed E-state index contributed by atoms with van der Waals surface area (Å²) in [6, 6.07) is 12.9. The maximum absolute atomic E-state index is 12.7. The van der Waals surface area contributed by atoms with Gasteiger partial charge in [0.15, 0.2) is 0 Å². The molecule has 1 saturated carbocycles. The smallest absolute Gasteiger partial charge is 0.254 e. The largest absolute Gasteiger partial charge is 0.363 e. The molecule has 192 valence electrons. The number of fused-ring (bicyclic) bond motifs is 2. The number of aryl methyl sites for hydroxylation is 1. The van der Waals surface area contributed by atoms with E-state index in [-0.39, 0.29) is 22.1 Å². The van der Waals surface area contributed by atoms with Crippen molar-refractivity contribution in [2.45, 2.75) is 37.9 Å². The van der Waals surface area contributed by atoms with Crippen LogP contribution in [-0.4, -0.2) is 46.6 Å². The maximum atomic E-state index is 12.7. The van der Waals surface area contributed by atoms with Gasteiger partial charge < -0.3 is 16.0 Å². The molecule has 3 heterocycles. The Kier molecular flexibility index (Phi) is 6.93. The zero-order chi connectivity index (χ0) is 25.4. The van der Waals surface area contributed by atoms with E-state index in [1.54, 1.807) is 0 Å². The second-order valence-electron chi connectivity index (χ2n) is 10.2. The van der Waals surface area contributed by atoms with E-state index in [0.717, 1.165) is 43.7 Å². The molecule has 9 heteroatoms. The van der Waals surface area contributed by atoms with Gasteiger partial charge in [-0.2, -0.15) is 0 Å². The Morgan fingerprint density at radius 3 is 2.54 bits per heavy atom. The molecule has 1 fully saturated rings. The number of nitrogens with one attached hydrogen (secondary N) is 3. The number of benzene rings is 1. The van der Waals surface area contributed by atoms with Crippen molar-refractivity contribution in [2.75, 3.05) is 30.3 Å². The van der Waals surface area contributed by atoms with Crippen LogP contribution in [0.25, 0.3) is 0 Å². The lowest BCUT2D eigenvalue weighted by Crippen LogP contribution is -2.43. The summed E-state index contributed by atoms with van der Waals surface area (Å²) < 4.78 is 0. The van der Waals surface area contributed by atoms with Gasteiger partial charge in [0.05, 0.1) is 38.7 Å². The number of aromatic nitrogens is 2. The molecule has 37 heavy (non-hydrogen) atoms. The quantitative estimate of drug-likeness (QED) is 0.358. The first-order valence-corrected chi connectivity index (χ1v) is 13.7. The third-order valence-corrected chi connectivity index (χ3v) is 8.33. The fraction of sp³-hybridized carbons (Fsp3) is 0.393. The minimum atomic E-state index is -0.248. The normalized spacial score (nSPS) is 22.1. The minimum absolute atomic E-state index is 0.138. The van der Waals surface area contributed by atoms with Gasteiger partial charge in [0.25, 0.3) is 5.91 Å². The van der Waals surface area contributed by atoms with E-state index in [9.17, 15) is 4.79 Å². The van der Waals surface area contributed by atoms with Gasteiger partial charge in [-0.1, -0.05) is 41.4 Å². The molecule has 1 amide bonds. The number of carbonyl (C=O) groups excluding carboxylic acids is 1. The maximum Gasteiger partial charge on any atom is 0.254 e. The first-order chi connectivity index (χ1) is 18.1. The third kappa shape index (κ3) is 5.26. The van der Waals surface area contributed by atoms with Crippen molar-refractivity contribution in [3.8, 4) is 0 Å². The van der Waals surface area contributed by atoms with Crippen molar-refractivity contribution in [3.63, 3.8) is 0 Å². The molecule has 2 aromatic heterocycles. The second kappa shape index (κ2) is 10.5. The standard InChI is InChI=1S/C28H30Cl2N6O/c29-20-13-31-14-21(30)26(20)28(37)33-12-18-11-19(18)15-36(16-25-34-22-7-1-2-8-23(22)35-25)24-9-3-5-17-6-4-10-32-27(17)24/h1-2,4,6-8,10,13-14,18-19,24-25,34-35H,3,5,9,11-12,15-16H2,(H,33,37)/t18-,19+,24-/m0/s1. The molecular weight excluding hydrogens is 507 g/mol. The van der Waals surface area contributed by atoms with E-state index in [1.807, 2.05) is 12.3 Å². The summed E-state index contributed by atoms with van der Waals surface area (Å²) in [4.78, 5) is 24.1.